The fourth-order valence-corrected chi connectivity index (χ4v) is 8.82. The van der Waals surface area contributed by atoms with Crippen LogP contribution in [0.2, 0.25) is 0 Å². The number of likely N-dealkylation sites (N-methyl/N-ethyl adjacent to an activating group) is 2. The summed E-state index contributed by atoms with van der Waals surface area (Å²) in [5.74, 6) is -4.12. The number of ether oxygens (including phenoxy) is 5. The van der Waals surface area contributed by atoms with Crippen LogP contribution in [0, 0.1) is 29.6 Å². The minimum atomic E-state index is -0.919. The van der Waals surface area contributed by atoms with Crippen molar-refractivity contribution in [2.24, 2.45) is 34.7 Å². The van der Waals surface area contributed by atoms with Crippen LogP contribution in [-0.4, -0.2) is 161 Å². The Balaban J connectivity index is 2.23. The zero-order valence-corrected chi connectivity index (χ0v) is 40.9. The Morgan fingerprint density at radius 1 is 0.892 bits per heavy atom. The summed E-state index contributed by atoms with van der Waals surface area (Å²) >= 11 is 0. The van der Waals surface area contributed by atoms with E-state index >= 15 is 0 Å². The first-order valence-corrected chi connectivity index (χ1v) is 22.9. The molecule has 65 heavy (non-hydrogen) atoms. The fraction of sp³-hybridized carbons (Fsp3) is 0.745. The molecule has 4 amide bonds. The first-order chi connectivity index (χ1) is 30.9. The van der Waals surface area contributed by atoms with E-state index in [1.165, 1.54) is 26.2 Å². The van der Waals surface area contributed by atoms with Crippen LogP contribution < -0.4 is 5.32 Å². The van der Waals surface area contributed by atoms with Gasteiger partial charge in [-0.25, -0.2) is 4.79 Å². The Bertz CT molecular complexity index is 1710. The van der Waals surface area contributed by atoms with Crippen molar-refractivity contribution in [3.63, 3.8) is 0 Å². The van der Waals surface area contributed by atoms with E-state index in [1.54, 1.807) is 30.8 Å². The summed E-state index contributed by atoms with van der Waals surface area (Å²) in [7, 11) is 7.57. The van der Waals surface area contributed by atoms with E-state index in [2.05, 4.69) is 15.3 Å². The molecule has 0 spiro atoms. The minimum Gasteiger partial charge on any atom is -0.467 e. The maximum absolute atomic E-state index is 14.6. The summed E-state index contributed by atoms with van der Waals surface area (Å²) < 4.78 is 27.8. The summed E-state index contributed by atoms with van der Waals surface area (Å²) in [5, 5.41) is 6.25. The van der Waals surface area contributed by atoms with Crippen molar-refractivity contribution in [3.8, 4) is 0 Å². The van der Waals surface area contributed by atoms with E-state index in [-0.39, 0.29) is 93.5 Å². The number of benzene rings is 1. The number of Topliss-reactive ketones (excluding diaryl/α,β-unsaturated/α-hetero) is 1. The molecule has 9 atom stereocenters. The molecule has 1 aromatic rings. The van der Waals surface area contributed by atoms with Crippen molar-refractivity contribution in [2.75, 3.05) is 74.9 Å². The lowest BCUT2D eigenvalue weighted by molar-refractivity contribution is -0.150. The van der Waals surface area contributed by atoms with Crippen molar-refractivity contribution >= 4 is 35.4 Å². The number of hydrogen-bond acceptors (Lipinski definition) is 12. The van der Waals surface area contributed by atoms with Gasteiger partial charge in [-0.1, -0.05) is 90.3 Å². The topological polar surface area (TPSA) is 219 Å². The number of esters is 1. The standard InChI is InChI=1S/C47H77N7O11/c1-13-32(6)43(53(9)46(59)35(30(2)3)27-38(55)42(31(4)5)52(8)41(57)29-65-25-24-64-23-21-49-51-48)39(61-10)28-40(56)54-22-17-20-37(54)44(62-11)33(7)45(58)50-36(47(60)63-12)26-34-18-15-14-16-19-34/h14-16,18-19,30-33,35-37,39,42-44H,13,17,20-29H2,1-12H3,(H,50,58). The predicted octanol–water partition coefficient (Wildman–Crippen LogP) is 4.87. The number of azide groups is 1. The van der Waals surface area contributed by atoms with Gasteiger partial charge in [-0.2, -0.15) is 0 Å². The highest BCUT2D eigenvalue weighted by atomic mass is 16.5. The van der Waals surface area contributed by atoms with Gasteiger partial charge in [-0.15, -0.1) is 0 Å². The molecule has 18 nitrogen and oxygen atoms in total. The van der Waals surface area contributed by atoms with Crippen molar-refractivity contribution < 1.29 is 52.5 Å². The lowest BCUT2D eigenvalue weighted by atomic mass is 9.83. The van der Waals surface area contributed by atoms with E-state index in [1.807, 2.05) is 71.9 Å². The Kier molecular flexibility index (Phi) is 25.3. The highest BCUT2D eigenvalue weighted by Crippen LogP contribution is 2.31. The average molecular weight is 916 g/mol. The number of likely N-dealkylation sites (tertiary alicyclic amines) is 1. The molecule has 1 fully saturated rings. The van der Waals surface area contributed by atoms with Crippen molar-refractivity contribution in [1.29, 1.82) is 0 Å². The molecular formula is C47H77N7O11. The Hall–Kier alpha value is -4.61. The summed E-state index contributed by atoms with van der Waals surface area (Å²) in [6.07, 6.45) is 0.674. The van der Waals surface area contributed by atoms with Crippen LogP contribution in [0.3, 0.4) is 0 Å². The summed E-state index contributed by atoms with van der Waals surface area (Å²) in [4.78, 5) is 90.1. The molecule has 0 aromatic heterocycles. The third-order valence-corrected chi connectivity index (χ3v) is 12.7. The minimum absolute atomic E-state index is 0.0460. The third-order valence-electron chi connectivity index (χ3n) is 12.7. The summed E-state index contributed by atoms with van der Waals surface area (Å²) in [6, 6.07) is 6.63. The predicted molar refractivity (Wildman–Crippen MR) is 245 cm³/mol. The van der Waals surface area contributed by atoms with Crippen LogP contribution in [0.4, 0.5) is 0 Å². The molecule has 1 N–H and O–H groups in total. The van der Waals surface area contributed by atoms with Crippen LogP contribution >= 0.6 is 0 Å². The molecule has 1 saturated heterocycles. The number of hydrogen-bond donors (Lipinski definition) is 1. The van der Waals surface area contributed by atoms with Gasteiger partial charge in [0, 0.05) is 65.1 Å². The van der Waals surface area contributed by atoms with Gasteiger partial charge in [-0.3, -0.25) is 24.0 Å². The zero-order chi connectivity index (χ0) is 48.8. The number of carbonyl (C=O) groups is 6. The van der Waals surface area contributed by atoms with Crippen molar-refractivity contribution in [2.45, 2.75) is 123 Å². The third kappa shape index (κ3) is 17.0. The molecule has 9 unspecified atom stereocenters. The first kappa shape index (κ1) is 56.5. The number of nitrogens with zero attached hydrogens (tertiary/aromatic N) is 6. The molecule has 1 aromatic carbocycles. The van der Waals surface area contributed by atoms with Crippen LogP contribution in [-0.2, 0) is 58.9 Å². The molecular weight excluding hydrogens is 839 g/mol. The number of nitrogens with one attached hydrogen (secondary N) is 1. The van der Waals surface area contributed by atoms with Gasteiger partial charge < -0.3 is 43.7 Å². The van der Waals surface area contributed by atoms with Crippen LogP contribution in [0.15, 0.2) is 35.4 Å². The van der Waals surface area contributed by atoms with E-state index < -0.39 is 60.1 Å². The largest absolute Gasteiger partial charge is 0.467 e. The molecule has 366 valence electrons. The van der Waals surface area contributed by atoms with E-state index in [0.29, 0.717) is 25.8 Å². The van der Waals surface area contributed by atoms with Crippen LogP contribution in [0.5, 0.6) is 0 Å². The molecule has 1 aliphatic rings. The number of ketones is 1. The van der Waals surface area contributed by atoms with Crippen molar-refractivity contribution in [1.82, 2.24) is 20.0 Å². The molecule has 18 heteroatoms. The summed E-state index contributed by atoms with van der Waals surface area (Å²) in [5.41, 5.74) is 9.22. The number of methoxy groups -OCH3 is 3. The van der Waals surface area contributed by atoms with E-state index in [4.69, 9.17) is 29.2 Å². The molecule has 0 aliphatic carbocycles. The molecule has 2 rings (SSSR count). The number of carbonyl (C=O) groups excluding carboxylic acids is 6. The average Bonchev–Trinajstić information content (AvgIpc) is 3.77. The highest BCUT2D eigenvalue weighted by Gasteiger charge is 2.44. The highest BCUT2D eigenvalue weighted by molar-refractivity contribution is 5.93. The monoisotopic (exact) mass is 916 g/mol. The van der Waals surface area contributed by atoms with Crippen LogP contribution in [0.1, 0.15) is 86.1 Å². The Labute approximate surface area is 386 Å². The molecule has 0 saturated carbocycles. The maximum Gasteiger partial charge on any atom is 0.328 e. The second-order valence-corrected chi connectivity index (χ2v) is 17.7. The lowest BCUT2D eigenvalue weighted by Crippen LogP contribution is -2.55. The van der Waals surface area contributed by atoms with Gasteiger partial charge in [0.05, 0.1) is 69.6 Å². The molecule has 1 aliphatic heterocycles. The van der Waals surface area contributed by atoms with Gasteiger partial charge in [0.25, 0.3) is 0 Å². The normalized spacial score (nSPS) is 17.5. The van der Waals surface area contributed by atoms with Crippen molar-refractivity contribution in [3.05, 3.63) is 46.3 Å². The number of amides is 4. The van der Waals surface area contributed by atoms with Gasteiger partial charge in [0.15, 0.2) is 5.78 Å². The van der Waals surface area contributed by atoms with Gasteiger partial charge in [-0.05, 0) is 41.7 Å². The van der Waals surface area contributed by atoms with Gasteiger partial charge in [0.1, 0.15) is 12.6 Å². The summed E-state index contributed by atoms with van der Waals surface area (Å²) in [6.45, 7) is 14.2. The zero-order valence-electron chi connectivity index (χ0n) is 40.9. The first-order valence-electron chi connectivity index (χ1n) is 22.9. The molecule has 0 radical (unpaired) electrons. The molecule has 0 bridgehead atoms. The second-order valence-electron chi connectivity index (χ2n) is 17.7. The van der Waals surface area contributed by atoms with E-state index in [9.17, 15) is 28.8 Å². The lowest BCUT2D eigenvalue weighted by Gasteiger charge is -2.41. The van der Waals surface area contributed by atoms with Gasteiger partial charge in [0.2, 0.25) is 23.6 Å². The van der Waals surface area contributed by atoms with E-state index in [0.717, 1.165) is 5.56 Å². The molecule has 1 heterocycles. The number of rotatable bonds is 30. The van der Waals surface area contributed by atoms with Gasteiger partial charge >= 0.3 is 5.97 Å². The fourth-order valence-electron chi connectivity index (χ4n) is 8.82. The quantitative estimate of drug-likeness (QED) is 0.0361. The van der Waals surface area contributed by atoms with Crippen LogP contribution in [0.25, 0.3) is 10.4 Å². The Morgan fingerprint density at radius 2 is 1.55 bits per heavy atom. The maximum atomic E-state index is 14.6. The SMILES string of the molecule is CCC(C)C(C(CC(=O)N1CCCC1C(OC)C(C)C(=O)NC(Cc1ccccc1)C(=O)OC)OC)N(C)C(=O)C(CC(=O)C(C(C)C)N(C)C(=O)COCCOCCN=[N+]=[N-])C(C)C. The Morgan fingerprint density at radius 3 is 2.12 bits per heavy atom. The second kappa shape index (κ2) is 29.1. The smallest absolute Gasteiger partial charge is 0.328 e.